The van der Waals surface area contributed by atoms with E-state index in [1.54, 1.807) is 0 Å². The summed E-state index contributed by atoms with van der Waals surface area (Å²) in [5.41, 5.74) is 0.692. The van der Waals surface area contributed by atoms with E-state index in [4.69, 9.17) is 11.6 Å². The Morgan fingerprint density at radius 2 is 2.07 bits per heavy atom. The molecule has 4 heteroatoms. The predicted molar refractivity (Wildman–Crippen MR) is 71.4 cm³/mol. The quantitative estimate of drug-likeness (QED) is 0.664. The van der Waals surface area contributed by atoms with Gasteiger partial charge in [0.1, 0.15) is 0 Å². The summed E-state index contributed by atoms with van der Waals surface area (Å²) >= 11 is 7.80. The van der Waals surface area contributed by atoms with Crippen LogP contribution < -0.4 is 5.32 Å². The van der Waals surface area contributed by atoms with Crippen molar-refractivity contribution in [3.8, 4) is 0 Å². The molecule has 0 bridgehead atoms. The maximum absolute atomic E-state index is 11.7. The number of halogens is 2. The Hall–Kier alpha value is -0.290. The van der Waals surface area contributed by atoms with E-state index in [1.165, 1.54) is 0 Å². The summed E-state index contributed by atoms with van der Waals surface area (Å²) in [7, 11) is 0. The molecule has 0 saturated heterocycles. The van der Waals surface area contributed by atoms with Crippen molar-refractivity contribution in [2.45, 2.75) is 19.4 Å². The molecule has 0 spiro atoms. The zero-order valence-corrected chi connectivity index (χ0v) is 11.4. The molecule has 0 aliphatic rings. The van der Waals surface area contributed by atoms with Gasteiger partial charge in [-0.15, -0.1) is 11.6 Å². The van der Waals surface area contributed by atoms with Crippen molar-refractivity contribution in [3.05, 3.63) is 33.4 Å². The summed E-state index contributed by atoms with van der Waals surface area (Å²) in [6.07, 6.45) is 0.789. The minimum atomic E-state index is -0.0379. The first-order valence-electron chi connectivity index (χ1n) is 4.76. The average Bonchev–Trinajstić information content (AvgIpc) is 2.18. The largest absolute Gasteiger partial charge is 0.350 e. The molecule has 1 aromatic carbocycles. The van der Waals surface area contributed by atoms with Crippen molar-refractivity contribution in [2.24, 2.45) is 0 Å². The molecule has 0 radical (unpaired) electrons. The summed E-state index contributed by atoms with van der Waals surface area (Å²) in [6.45, 7) is 1.95. The van der Waals surface area contributed by atoms with Crippen LogP contribution in [-0.4, -0.2) is 17.8 Å². The lowest BCUT2D eigenvalue weighted by Crippen LogP contribution is -2.32. The molecular formula is C11H13ClINO. The van der Waals surface area contributed by atoms with Crippen LogP contribution in [0.15, 0.2) is 24.3 Å². The highest BCUT2D eigenvalue weighted by Gasteiger charge is 2.08. The Morgan fingerprint density at radius 3 is 2.60 bits per heavy atom. The number of hydrogen-bond donors (Lipinski definition) is 1. The van der Waals surface area contributed by atoms with E-state index in [-0.39, 0.29) is 11.9 Å². The molecule has 0 aliphatic heterocycles. The minimum absolute atomic E-state index is 0.0379. The highest BCUT2D eigenvalue weighted by Crippen LogP contribution is 2.07. The standard InChI is InChI=1S/C11H13ClINO/c1-8(6-7-12)14-11(15)9-2-4-10(13)5-3-9/h2-5,8H,6-7H2,1H3,(H,14,15). The Balaban J connectivity index is 2.57. The monoisotopic (exact) mass is 337 g/mol. The fourth-order valence-electron chi connectivity index (χ4n) is 1.14. The number of hydrogen-bond acceptors (Lipinski definition) is 1. The summed E-state index contributed by atoms with van der Waals surface area (Å²) in [5, 5.41) is 2.89. The number of carbonyl (C=O) groups excluding carboxylic acids is 1. The van der Waals surface area contributed by atoms with Gasteiger partial charge in [-0.2, -0.15) is 0 Å². The van der Waals surface area contributed by atoms with Crippen LogP contribution in [0.3, 0.4) is 0 Å². The van der Waals surface area contributed by atoms with E-state index in [1.807, 2.05) is 31.2 Å². The third-order valence-electron chi connectivity index (χ3n) is 2.03. The highest BCUT2D eigenvalue weighted by atomic mass is 127. The van der Waals surface area contributed by atoms with Crippen LogP contribution in [-0.2, 0) is 0 Å². The summed E-state index contributed by atoms with van der Waals surface area (Å²) in [6, 6.07) is 7.60. The van der Waals surface area contributed by atoms with E-state index in [2.05, 4.69) is 27.9 Å². The van der Waals surface area contributed by atoms with Crippen LogP contribution in [0.1, 0.15) is 23.7 Å². The van der Waals surface area contributed by atoms with Gasteiger partial charge >= 0.3 is 0 Å². The van der Waals surface area contributed by atoms with E-state index in [0.717, 1.165) is 9.99 Å². The molecule has 1 rings (SSSR count). The third-order valence-corrected chi connectivity index (χ3v) is 2.96. The summed E-state index contributed by atoms with van der Waals surface area (Å²) in [4.78, 5) is 11.7. The van der Waals surface area contributed by atoms with Gasteiger partial charge in [0.05, 0.1) is 0 Å². The zero-order valence-electron chi connectivity index (χ0n) is 8.47. The van der Waals surface area contributed by atoms with Gasteiger partial charge in [0.2, 0.25) is 0 Å². The van der Waals surface area contributed by atoms with Gasteiger partial charge in [0, 0.05) is 21.1 Å². The smallest absolute Gasteiger partial charge is 0.251 e. The van der Waals surface area contributed by atoms with Gasteiger partial charge < -0.3 is 5.32 Å². The van der Waals surface area contributed by atoms with Crippen LogP contribution in [0.25, 0.3) is 0 Å². The first-order valence-corrected chi connectivity index (χ1v) is 6.37. The Morgan fingerprint density at radius 1 is 1.47 bits per heavy atom. The second kappa shape index (κ2) is 6.33. The van der Waals surface area contributed by atoms with E-state index < -0.39 is 0 Å². The predicted octanol–water partition coefficient (Wildman–Crippen LogP) is 3.04. The maximum atomic E-state index is 11.7. The molecule has 1 amide bonds. The lowest BCUT2D eigenvalue weighted by molar-refractivity contribution is 0.0939. The SMILES string of the molecule is CC(CCCl)NC(=O)c1ccc(I)cc1. The topological polar surface area (TPSA) is 29.1 Å². The number of carbonyl (C=O) groups is 1. The second-order valence-corrected chi connectivity index (χ2v) is 4.98. The molecule has 1 aromatic rings. The Bertz CT molecular complexity index is 326. The van der Waals surface area contributed by atoms with Crippen LogP contribution in [0.5, 0.6) is 0 Å². The number of amides is 1. The lowest BCUT2D eigenvalue weighted by Gasteiger charge is -2.12. The van der Waals surface area contributed by atoms with E-state index >= 15 is 0 Å². The molecule has 0 saturated carbocycles. The molecule has 0 fully saturated rings. The van der Waals surface area contributed by atoms with Crippen molar-refractivity contribution in [1.82, 2.24) is 5.32 Å². The molecule has 1 N–H and O–H groups in total. The minimum Gasteiger partial charge on any atom is -0.350 e. The van der Waals surface area contributed by atoms with Gasteiger partial charge in [-0.3, -0.25) is 4.79 Å². The highest BCUT2D eigenvalue weighted by molar-refractivity contribution is 14.1. The number of rotatable bonds is 4. The fourth-order valence-corrected chi connectivity index (χ4v) is 1.83. The zero-order chi connectivity index (χ0) is 11.3. The molecule has 0 aromatic heterocycles. The first kappa shape index (κ1) is 12.8. The Labute approximate surface area is 109 Å². The average molecular weight is 338 g/mol. The van der Waals surface area contributed by atoms with Gasteiger partial charge in [0.15, 0.2) is 0 Å². The van der Waals surface area contributed by atoms with Gasteiger partial charge in [-0.25, -0.2) is 0 Å². The normalized spacial score (nSPS) is 12.2. The van der Waals surface area contributed by atoms with Crippen molar-refractivity contribution < 1.29 is 4.79 Å². The first-order chi connectivity index (χ1) is 7.13. The molecule has 82 valence electrons. The third kappa shape index (κ3) is 4.38. The molecule has 0 aliphatic carbocycles. The number of alkyl halides is 1. The lowest BCUT2D eigenvalue weighted by atomic mass is 10.2. The second-order valence-electron chi connectivity index (χ2n) is 3.36. The van der Waals surface area contributed by atoms with Gasteiger partial charge in [-0.05, 0) is 60.2 Å². The van der Waals surface area contributed by atoms with Crippen LogP contribution in [0.4, 0.5) is 0 Å². The van der Waals surface area contributed by atoms with E-state index in [9.17, 15) is 4.79 Å². The fraction of sp³-hybridized carbons (Fsp3) is 0.364. The van der Waals surface area contributed by atoms with Crippen molar-refractivity contribution in [1.29, 1.82) is 0 Å². The van der Waals surface area contributed by atoms with E-state index in [0.29, 0.717) is 11.4 Å². The van der Waals surface area contributed by atoms with Crippen molar-refractivity contribution in [2.75, 3.05) is 5.88 Å². The van der Waals surface area contributed by atoms with Crippen LogP contribution >= 0.6 is 34.2 Å². The summed E-state index contributed by atoms with van der Waals surface area (Å²) < 4.78 is 1.12. The maximum Gasteiger partial charge on any atom is 0.251 e. The molecule has 0 heterocycles. The Kier molecular flexibility index (Phi) is 5.39. The molecule has 1 unspecified atom stereocenters. The molecule has 15 heavy (non-hydrogen) atoms. The van der Waals surface area contributed by atoms with Crippen LogP contribution in [0, 0.1) is 3.57 Å². The van der Waals surface area contributed by atoms with Crippen molar-refractivity contribution >= 4 is 40.1 Å². The molecular weight excluding hydrogens is 324 g/mol. The number of nitrogens with one attached hydrogen (secondary N) is 1. The van der Waals surface area contributed by atoms with Crippen LogP contribution in [0.2, 0.25) is 0 Å². The molecule has 1 atom stereocenters. The van der Waals surface area contributed by atoms with Gasteiger partial charge in [0.25, 0.3) is 5.91 Å². The van der Waals surface area contributed by atoms with Gasteiger partial charge in [-0.1, -0.05) is 0 Å². The summed E-state index contributed by atoms with van der Waals surface area (Å²) in [5.74, 6) is 0.526. The molecule has 2 nitrogen and oxygen atoms in total. The number of benzene rings is 1. The van der Waals surface area contributed by atoms with Crippen molar-refractivity contribution in [3.63, 3.8) is 0 Å².